The molecule has 8 heteroatoms. The number of piperazine rings is 1. The average molecular weight is 357 g/mol. The minimum absolute atomic E-state index is 0.111. The molecule has 3 N–H and O–H groups in total. The summed E-state index contributed by atoms with van der Waals surface area (Å²) < 4.78 is 0. The first-order chi connectivity index (χ1) is 12.5. The lowest BCUT2D eigenvalue weighted by atomic mass is 10.2. The fraction of sp³-hybridized carbons (Fsp3) is 0.278. The van der Waals surface area contributed by atoms with Crippen molar-refractivity contribution in [2.45, 2.75) is 0 Å². The van der Waals surface area contributed by atoms with E-state index in [1.54, 1.807) is 24.3 Å². The predicted molar refractivity (Wildman–Crippen MR) is 97.6 cm³/mol. The summed E-state index contributed by atoms with van der Waals surface area (Å²) in [5.41, 5.74) is 0.908. The molecule has 0 aromatic heterocycles. The van der Waals surface area contributed by atoms with Gasteiger partial charge in [0.25, 0.3) is 11.6 Å². The molecule has 1 saturated heterocycles. The summed E-state index contributed by atoms with van der Waals surface area (Å²) in [4.78, 5) is 26.0. The van der Waals surface area contributed by atoms with E-state index in [1.807, 2.05) is 12.1 Å². The van der Waals surface area contributed by atoms with Gasteiger partial charge in [-0.1, -0.05) is 24.3 Å². The van der Waals surface area contributed by atoms with Gasteiger partial charge in [0.2, 0.25) is 0 Å². The Morgan fingerprint density at radius 3 is 2.50 bits per heavy atom. The largest absolute Gasteiger partial charge is 0.506 e. The Kier molecular flexibility index (Phi) is 5.33. The van der Waals surface area contributed by atoms with Crippen LogP contribution >= 0.6 is 0 Å². The van der Waals surface area contributed by atoms with E-state index in [9.17, 15) is 20.0 Å². The van der Waals surface area contributed by atoms with Gasteiger partial charge < -0.3 is 20.2 Å². The molecule has 0 saturated carbocycles. The molecule has 1 amide bonds. The number of hydrogen-bond donors (Lipinski definition) is 3. The molecule has 3 rings (SSSR count). The van der Waals surface area contributed by atoms with Gasteiger partial charge in [0, 0.05) is 6.07 Å². The number of carbonyl (C=O) groups is 1. The Balaban J connectivity index is 1.54. The highest BCUT2D eigenvalue weighted by atomic mass is 16.6. The van der Waals surface area contributed by atoms with Crippen LogP contribution in [-0.4, -0.2) is 48.7 Å². The molecule has 1 heterocycles. The summed E-state index contributed by atoms with van der Waals surface area (Å²) in [5.74, 6) is 0.00962. The smallest absolute Gasteiger partial charge is 0.292 e. The minimum atomic E-state index is -0.506. The van der Waals surface area contributed by atoms with Crippen LogP contribution in [0.4, 0.5) is 17.1 Å². The molecule has 0 radical (unpaired) electrons. The van der Waals surface area contributed by atoms with Crippen molar-refractivity contribution in [2.24, 2.45) is 0 Å². The van der Waals surface area contributed by atoms with Crippen LogP contribution in [0.15, 0.2) is 48.5 Å². The van der Waals surface area contributed by atoms with E-state index in [4.69, 9.17) is 0 Å². The fourth-order valence-electron chi connectivity index (χ4n) is 3.13. The van der Waals surface area contributed by atoms with E-state index < -0.39 is 4.92 Å². The fourth-order valence-corrected chi connectivity index (χ4v) is 3.13. The highest BCUT2D eigenvalue weighted by Gasteiger charge is 2.24. The molecule has 26 heavy (non-hydrogen) atoms. The second-order valence-electron chi connectivity index (χ2n) is 6.22. The molecule has 1 fully saturated rings. The van der Waals surface area contributed by atoms with Crippen LogP contribution < -0.4 is 15.1 Å². The van der Waals surface area contributed by atoms with Gasteiger partial charge >= 0.3 is 0 Å². The third-order valence-electron chi connectivity index (χ3n) is 4.48. The number of amides is 1. The lowest BCUT2D eigenvalue weighted by Gasteiger charge is -2.33. The number of benzene rings is 2. The number of anilines is 2. The van der Waals surface area contributed by atoms with Crippen LogP contribution in [0.25, 0.3) is 0 Å². The van der Waals surface area contributed by atoms with E-state index in [0.717, 1.165) is 36.8 Å². The number of carbonyl (C=O) groups excluding carboxylic acids is 1. The van der Waals surface area contributed by atoms with Crippen molar-refractivity contribution in [3.8, 4) is 5.75 Å². The van der Waals surface area contributed by atoms with Gasteiger partial charge in [-0.25, -0.2) is 0 Å². The summed E-state index contributed by atoms with van der Waals surface area (Å²) in [6.07, 6.45) is 0. The second kappa shape index (κ2) is 7.83. The molecule has 0 unspecified atom stereocenters. The van der Waals surface area contributed by atoms with Crippen molar-refractivity contribution >= 4 is 23.0 Å². The normalized spacial score (nSPS) is 14.8. The summed E-state index contributed by atoms with van der Waals surface area (Å²) in [6.45, 7) is 3.20. The third kappa shape index (κ3) is 4.09. The van der Waals surface area contributed by atoms with Crippen molar-refractivity contribution in [1.29, 1.82) is 0 Å². The molecule has 0 bridgehead atoms. The van der Waals surface area contributed by atoms with Crippen LogP contribution in [0.5, 0.6) is 5.75 Å². The Morgan fingerprint density at radius 1 is 1.15 bits per heavy atom. The standard InChI is InChI=1S/C18H20N4O4/c23-17-8-4-3-7-16(17)21-11-9-20(10-12-21)13-18(24)19-14-5-1-2-6-15(14)22(25)26/h1-8,23H,9-13H2,(H,19,24)/p+1. The number of quaternary nitrogens is 1. The topological polar surface area (TPSA) is 100 Å². The van der Waals surface area contributed by atoms with Crippen molar-refractivity contribution in [2.75, 3.05) is 42.9 Å². The number of hydrogen-bond acceptors (Lipinski definition) is 5. The lowest BCUT2D eigenvalue weighted by molar-refractivity contribution is -0.892. The summed E-state index contributed by atoms with van der Waals surface area (Å²) >= 11 is 0. The van der Waals surface area contributed by atoms with Gasteiger partial charge in [0.05, 0.1) is 36.8 Å². The zero-order valence-electron chi connectivity index (χ0n) is 14.2. The number of aromatic hydroxyl groups is 1. The number of nitrogens with zero attached hydrogens (tertiary/aromatic N) is 2. The molecule has 0 spiro atoms. The van der Waals surface area contributed by atoms with Gasteiger partial charge in [-0.05, 0) is 18.2 Å². The van der Waals surface area contributed by atoms with Gasteiger partial charge in [-0.3, -0.25) is 14.9 Å². The highest BCUT2D eigenvalue weighted by Crippen LogP contribution is 2.26. The number of nitrogens with one attached hydrogen (secondary N) is 2. The number of phenols is 1. The van der Waals surface area contributed by atoms with Gasteiger partial charge in [-0.15, -0.1) is 0 Å². The van der Waals surface area contributed by atoms with Crippen molar-refractivity contribution in [3.63, 3.8) is 0 Å². The number of phenolic OH excluding ortho intramolecular Hbond substituents is 1. The molecule has 8 nitrogen and oxygen atoms in total. The molecule has 2 aromatic carbocycles. The summed E-state index contributed by atoms with van der Waals surface area (Å²) in [7, 11) is 0. The van der Waals surface area contributed by atoms with Crippen molar-refractivity contribution in [1.82, 2.24) is 0 Å². The molecule has 136 valence electrons. The van der Waals surface area contributed by atoms with Crippen LogP contribution in [0.1, 0.15) is 0 Å². The summed E-state index contributed by atoms with van der Waals surface area (Å²) in [5, 5.41) is 23.6. The van der Waals surface area contributed by atoms with Gasteiger partial charge in [0.1, 0.15) is 11.4 Å². The van der Waals surface area contributed by atoms with Crippen molar-refractivity contribution in [3.05, 3.63) is 58.6 Å². The average Bonchev–Trinajstić information content (AvgIpc) is 2.63. The number of nitro benzene ring substituents is 1. The Bertz CT molecular complexity index is 803. The predicted octanol–water partition coefficient (Wildman–Crippen LogP) is 0.644. The molecule has 1 aliphatic rings. The van der Waals surface area contributed by atoms with Crippen molar-refractivity contribution < 1.29 is 19.7 Å². The Labute approximate surface area is 150 Å². The van der Waals surface area contributed by atoms with Crippen LogP contribution in [-0.2, 0) is 4.79 Å². The number of nitro groups is 1. The first-order valence-electron chi connectivity index (χ1n) is 8.44. The number of para-hydroxylation sites is 4. The minimum Gasteiger partial charge on any atom is -0.506 e. The first kappa shape index (κ1) is 17.7. The highest BCUT2D eigenvalue weighted by molar-refractivity contribution is 5.93. The molecule has 0 atom stereocenters. The van der Waals surface area contributed by atoms with E-state index in [-0.39, 0.29) is 29.6 Å². The summed E-state index contributed by atoms with van der Waals surface area (Å²) in [6, 6.07) is 13.3. The van der Waals surface area contributed by atoms with Crippen LogP contribution in [0, 0.1) is 10.1 Å². The van der Waals surface area contributed by atoms with E-state index in [0.29, 0.717) is 0 Å². The zero-order valence-corrected chi connectivity index (χ0v) is 14.2. The molecule has 0 aliphatic carbocycles. The Morgan fingerprint density at radius 2 is 1.81 bits per heavy atom. The first-order valence-corrected chi connectivity index (χ1v) is 8.44. The van der Waals surface area contributed by atoms with E-state index in [2.05, 4.69) is 10.2 Å². The maximum absolute atomic E-state index is 12.3. The zero-order chi connectivity index (χ0) is 18.5. The number of rotatable bonds is 5. The quantitative estimate of drug-likeness (QED) is 0.539. The van der Waals surface area contributed by atoms with E-state index >= 15 is 0 Å². The van der Waals surface area contributed by atoms with E-state index in [1.165, 1.54) is 12.1 Å². The molecule has 2 aromatic rings. The second-order valence-corrected chi connectivity index (χ2v) is 6.22. The molecule has 1 aliphatic heterocycles. The van der Waals surface area contributed by atoms with Crippen LogP contribution in [0.3, 0.4) is 0 Å². The molecular weight excluding hydrogens is 336 g/mol. The SMILES string of the molecule is O=C(C[NH+]1CCN(c2ccccc2O)CC1)Nc1ccccc1[N+](=O)[O-]. The third-order valence-corrected chi connectivity index (χ3v) is 4.48. The molecular formula is C18H21N4O4+. The maximum Gasteiger partial charge on any atom is 0.292 e. The lowest BCUT2D eigenvalue weighted by Crippen LogP contribution is -3.15. The monoisotopic (exact) mass is 357 g/mol. The van der Waals surface area contributed by atoms with Gasteiger partial charge in [-0.2, -0.15) is 0 Å². The van der Waals surface area contributed by atoms with Gasteiger partial charge in [0.15, 0.2) is 6.54 Å². The Hall–Kier alpha value is -3.13. The van der Waals surface area contributed by atoms with Crippen LogP contribution in [0.2, 0.25) is 0 Å². The maximum atomic E-state index is 12.3.